The van der Waals surface area contributed by atoms with Crippen molar-refractivity contribution in [3.8, 4) is 5.69 Å². The van der Waals surface area contributed by atoms with Gasteiger partial charge in [0.1, 0.15) is 11.9 Å². The predicted molar refractivity (Wildman–Crippen MR) is 118 cm³/mol. The van der Waals surface area contributed by atoms with Crippen molar-refractivity contribution >= 4 is 27.5 Å². The molecule has 3 rings (SSSR count). The van der Waals surface area contributed by atoms with E-state index in [1.165, 1.54) is 23.9 Å². The Morgan fingerprint density at radius 3 is 2.55 bits per heavy atom. The lowest BCUT2D eigenvalue weighted by Gasteiger charge is -2.26. The van der Waals surface area contributed by atoms with Gasteiger partial charge in [-0.1, -0.05) is 11.8 Å². The number of nitrogens with zero attached hydrogens (tertiary/aromatic N) is 4. The number of amides is 1. The third-order valence-corrected chi connectivity index (χ3v) is 8.30. The fourth-order valence-electron chi connectivity index (χ4n) is 3.61. The number of benzene rings is 1. The van der Waals surface area contributed by atoms with Gasteiger partial charge in [0.2, 0.25) is 5.91 Å². The van der Waals surface area contributed by atoms with Crippen LogP contribution in [-0.2, 0) is 14.6 Å². The van der Waals surface area contributed by atoms with Gasteiger partial charge >= 0.3 is 0 Å². The topological polar surface area (TPSA) is 89.6 Å². The molecular weight excluding hydrogens is 441 g/mol. The quantitative estimate of drug-likeness (QED) is 0.573. The minimum atomic E-state index is -3.07. The highest BCUT2D eigenvalue weighted by molar-refractivity contribution is 7.99. The second kappa shape index (κ2) is 9.66. The van der Waals surface area contributed by atoms with Gasteiger partial charge in [-0.3, -0.25) is 9.36 Å². The Labute approximate surface area is 186 Å². The summed E-state index contributed by atoms with van der Waals surface area (Å²) in [7, 11) is 0.955. The van der Waals surface area contributed by atoms with Crippen LogP contribution in [0.3, 0.4) is 0 Å². The molecular formula is C20H29FN5O3S2+. The number of nitrogens with one attached hydrogen (secondary N) is 1. The molecule has 2 heterocycles. The van der Waals surface area contributed by atoms with Crippen LogP contribution in [0.15, 0.2) is 29.4 Å². The number of thioether (sulfide) groups is 1. The van der Waals surface area contributed by atoms with E-state index in [1.54, 1.807) is 17.0 Å². The number of sulfone groups is 1. The lowest BCUT2D eigenvalue weighted by atomic mass is 10.2. The van der Waals surface area contributed by atoms with Crippen molar-refractivity contribution in [2.45, 2.75) is 37.5 Å². The minimum absolute atomic E-state index is 0.0241. The first-order chi connectivity index (χ1) is 14.6. The van der Waals surface area contributed by atoms with Crippen molar-refractivity contribution < 1.29 is 22.5 Å². The minimum Gasteiger partial charge on any atom is -0.338 e. The van der Waals surface area contributed by atoms with Crippen molar-refractivity contribution in [3.63, 3.8) is 0 Å². The van der Waals surface area contributed by atoms with E-state index in [-0.39, 0.29) is 41.1 Å². The maximum Gasteiger partial charge on any atom is 0.233 e. The van der Waals surface area contributed by atoms with Crippen molar-refractivity contribution in [2.24, 2.45) is 0 Å². The van der Waals surface area contributed by atoms with E-state index in [1.807, 2.05) is 32.5 Å². The Kier molecular flexibility index (Phi) is 7.38. The largest absolute Gasteiger partial charge is 0.338 e. The van der Waals surface area contributed by atoms with Gasteiger partial charge in [-0.25, -0.2) is 12.8 Å². The molecule has 1 aromatic carbocycles. The molecule has 1 N–H and O–H groups in total. The Hall–Kier alpha value is -1.98. The molecule has 0 radical (unpaired) electrons. The maximum atomic E-state index is 13.5. The van der Waals surface area contributed by atoms with E-state index >= 15 is 0 Å². The second-order valence-corrected chi connectivity index (χ2v) is 11.1. The van der Waals surface area contributed by atoms with E-state index in [0.717, 1.165) is 16.4 Å². The van der Waals surface area contributed by atoms with Gasteiger partial charge in [0.15, 0.2) is 20.8 Å². The highest BCUT2D eigenvalue weighted by Crippen LogP contribution is 2.26. The van der Waals surface area contributed by atoms with Crippen LogP contribution in [0.4, 0.5) is 4.39 Å². The zero-order valence-electron chi connectivity index (χ0n) is 18.2. The lowest BCUT2D eigenvalue weighted by molar-refractivity contribution is -0.890. The van der Waals surface area contributed by atoms with Gasteiger partial charge in [0.05, 0.1) is 31.4 Å². The second-order valence-electron chi connectivity index (χ2n) is 7.98. The van der Waals surface area contributed by atoms with E-state index in [9.17, 15) is 17.6 Å². The average Bonchev–Trinajstić information content (AvgIpc) is 3.30. The Morgan fingerprint density at radius 2 is 2.00 bits per heavy atom. The maximum absolute atomic E-state index is 13.5. The molecule has 31 heavy (non-hydrogen) atoms. The summed E-state index contributed by atoms with van der Waals surface area (Å²) in [6.45, 7) is 4.34. The van der Waals surface area contributed by atoms with Gasteiger partial charge in [-0.15, -0.1) is 10.2 Å². The summed E-state index contributed by atoms with van der Waals surface area (Å²) in [5, 5.41) is 9.19. The van der Waals surface area contributed by atoms with Gasteiger partial charge in [-0.05, 0) is 44.5 Å². The summed E-state index contributed by atoms with van der Waals surface area (Å²) in [6, 6.07) is 5.83. The molecule has 1 amide bonds. The molecule has 1 aromatic heterocycles. The van der Waals surface area contributed by atoms with Crippen LogP contribution in [0.25, 0.3) is 5.69 Å². The Balaban J connectivity index is 1.82. The monoisotopic (exact) mass is 470 g/mol. The fraction of sp³-hybridized carbons (Fsp3) is 0.550. The first-order valence-corrected chi connectivity index (χ1v) is 13.1. The summed E-state index contributed by atoms with van der Waals surface area (Å²) >= 11 is 1.25. The molecule has 0 aliphatic carbocycles. The number of carbonyl (C=O) groups is 1. The van der Waals surface area contributed by atoms with Crippen LogP contribution >= 0.6 is 11.8 Å². The fourth-order valence-corrected chi connectivity index (χ4v) is 6.19. The van der Waals surface area contributed by atoms with E-state index < -0.39 is 9.84 Å². The summed E-state index contributed by atoms with van der Waals surface area (Å²) in [4.78, 5) is 15.7. The molecule has 1 fully saturated rings. The van der Waals surface area contributed by atoms with Crippen LogP contribution in [-0.4, -0.2) is 77.9 Å². The van der Waals surface area contributed by atoms with Gasteiger partial charge < -0.3 is 9.80 Å². The van der Waals surface area contributed by atoms with Gasteiger partial charge in [0.25, 0.3) is 0 Å². The Morgan fingerprint density at radius 1 is 1.32 bits per heavy atom. The lowest BCUT2D eigenvalue weighted by Crippen LogP contribution is -3.05. The number of hydrogen-bond donors (Lipinski definition) is 1. The van der Waals surface area contributed by atoms with E-state index in [4.69, 9.17) is 0 Å². The van der Waals surface area contributed by atoms with Crippen LogP contribution in [0.2, 0.25) is 0 Å². The summed E-state index contributed by atoms with van der Waals surface area (Å²) in [6.07, 6.45) is 0.478. The molecule has 1 aliphatic rings. The summed E-state index contributed by atoms with van der Waals surface area (Å²) in [5.74, 6) is 0.524. The molecule has 0 bridgehead atoms. The molecule has 0 spiro atoms. The third kappa shape index (κ3) is 5.45. The first-order valence-electron chi connectivity index (χ1n) is 10.3. The third-order valence-electron chi connectivity index (χ3n) is 5.63. The highest BCUT2D eigenvalue weighted by atomic mass is 32.2. The molecule has 2 aromatic rings. The van der Waals surface area contributed by atoms with Crippen molar-refractivity contribution in [3.05, 3.63) is 35.9 Å². The molecule has 0 unspecified atom stereocenters. The summed E-state index contributed by atoms with van der Waals surface area (Å²) < 4.78 is 38.9. The van der Waals surface area contributed by atoms with Crippen molar-refractivity contribution in [1.82, 2.24) is 19.7 Å². The highest BCUT2D eigenvalue weighted by Gasteiger charge is 2.34. The number of hydrogen-bond acceptors (Lipinski definition) is 6. The normalized spacial score (nSPS) is 19.0. The van der Waals surface area contributed by atoms with Gasteiger partial charge in [-0.2, -0.15) is 0 Å². The number of quaternary nitrogens is 1. The predicted octanol–water partition coefficient (Wildman–Crippen LogP) is 0.740. The van der Waals surface area contributed by atoms with Crippen LogP contribution < -0.4 is 4.90 Å². The SMILES string of the molecule is CCN(C(=O)CSc1nnc([C@@H](C)[NH+](C)C)n1-c1ccc(F)cc1)[C@H]1CCS(=O)(=O)C1. The number of rotatable bonds is 8. The molecule has 11 heteroatoms. The molecule has 1 saturated heterocycles. The van der Waals surface area contributed by atoms with Crippen LogP contribution in [0.5, 0.6) is 0 Å². The molecule has 0 saturated carbocycles. The van der Waals surface area contributed by atoms with Crippen molar-refractivity contribution in [2.75, 3.05) is 37.9 Å². The number of halogens is 1. The van der Waals surface area contributed by atoms with E-state index in [2.05, 4.69) is 10.2 Å². The first kappa shape index (κ1) is 23.7. The molecule has 170 valence electrons. The molecule has 8 nitrogen and oxygen atoms in total. The van der Waals surface area contributed by atoms with Crippen LogP contribution in [0, 0.1) is 5.82 Å². The van der Waals surface area contributed by atoms with Crippen LogP contribution in [0.1, 0.15) is 32.1 Å². The van der Waals surface area contributed by atoms with E-state index in [0.29, 0.717) is 18.1 Å². The zero-order chi connectivity index (χ0) is 22.8. The number of carbonyl (C=O) groups excluding carboxylic acids is 1. The Bertz CT molecular complexity index is 1020. The smallest absolute Gasteiger partial charge is 0.233 e. The molecule has 2 atom stereocenters. The average molecular weight is 471 g/mol. The molecule has 1 aliphatic heterocycles. The van der Waals surface area contributed by atoms with Gasteiger partial charge in [0, 0.05) is 18.3 Å². The standard InChI is InChI=1S/C20H28FN5O3S2/c1-5-25(17-10-11-31(28,29)13-17)18(27)12-30-20-23-22-19(14(2)24(3)4)26(20)16-8-6-15(21)7-9-16/h6-9,14,17H,5,10-13H2,1-4H3/p+1/t14-,17+/m1/s1. The number of aromatic nitrogens is 3. The summed E-state index contributed by atoms with van der Waals surface area (Å²) in [5.41, 5.74) is 0.721. The zero-order valence-corrected chi connectivity index (χ0v) is 19.8. The van der Waals surface area contributed by atoms with Crippen molar-refractivity contribution in [1.29, 1.82) is 0 Å².